The van der Waals surface area contributed by atoms with Crippen LogP contribution in [0.15, 0.2) is 53.7 Å². The summed E-state index contributed by atoms with van der Waals surface area (Å²) in [4.78, 5) is 29.3. The van der Waals surface area contributed by atoms with Crippen molar-refractivity contribution in [3.05, 3.63) is 69.4 Å². The highest BCUT2D eigenvalue weighted by atomic mass is 32.2. The van der Waals surface area contributed by atoms with Crippen LogP contribution in [0.1, 0.15) is 38.8 Å². The molecule has 34 heavy (non-hydrogen) atoms. The number of hydrogen-bond acceptors (Lipinski definition) is 7. The third kappa shape index (κ3) is 4.04. The summed E-state index contributed by atoms with van der Waals surface area (Å²) in [5.41, 5.74) is 10.6. The first-order valence-corrected chi connectivity index (χ1v) is 12.5. The van der Waals surface area contributed by atoms with Crippen molar-refractivity contribution in [2.45, 2.75) is 31.8 Å². The number of nitrogens with zero attached hydrogens (tertiary/aromatic N) is 2. The summed E-state index contributed by atoms with van der Waals surface area (Å²) in [6.45, 7) is 4.48. The quantitative estimate of drug-likeness (QED) is 0.304. The highest BCUT2D eigenvalue weighted by Gasteiger charge is 2.26. The van der Waals surface area contributed by atoms with E-state index in [4.69, 9.17) is 9.72 Å². The van der Waals surface area contributed by atoms with Gasteiger partial charge in [0.25, 0.3) is 0 Å². The van der Waals surface area contributed by atoms with Crippen molar-refractivity contribution >= 4 is 46.2 Å². The van der Waals surface area contributed by atoms with Crippen molar-refractivity contribution < 1.29 is 19.4 Å². The molecule has 10 heteroatoms. The van der Waals surface area contributed by atoms with Gasteiger partial charge in [0, 0.05) is 10.4 Å². The molecule has 1 atom stereocenters. The molecule has 3 N–H and O–H groups in total. The lowest BCUT2D eigenvalue weighted by Gasteiger charge is -2.15. The number of cyclic esters (lactones) is 1. The summed E-state index contributed by atoms with van der Waals surface area (Å²) in [6.07, 6.45) is -1.07. The minimum atomic E-state index is -0.931. The van der Waals surface area contributed by atoms with Gasteiger partial charge in [-0.2, -0.15) is 5.43 Å². The first-order valence-electron chi connectivity index (χ1n) is 10.7. The Bertz CT molecular complexity index is 1390. The van der Waals surface area contributed by atoms with E-state index in [1.165, 1.54) is 11.3 Å². The lowest BCUT2D eigenvalue weighted by Crippen LogP contribution is -2.27. The molecule has 1 aliphatic heterocycles. The minimum absolute atomic E-state index is 0.320. The number of aromatic carboxylic acids is 1. The second-order valence-electron chi connectivity index (χ2n) is 7.74. The van der Waals surface area contributed by atoms with Crippen LogP contribution in [0.5, 0.6) is 0 Å². The summed E-state index contributed by atoms with van der Waals surface area (Å²) in [5, 5.41) is 10.6. The Labute approximate surface area is 203 Å². The summed E-state index contributed by atoms with van der Waals surface area (Å²) < 4.78 is 7.30. The molecule has 8 nitrogen and oxygen atoms in total. The molecule has 0 saturated carbocycles. The molecule has 2 aromatic carbocycles. The molecule has 0 aliphatic carbocycles. The second-order valence-corrected chi connectivity index (χ2v) is 10.2. The van der Waals surface area contributed by atoms with E-state index in [0.717, 1.165) is 43.6 Å². The summed E-state index contributed by atoms with van der Waals surface area (Å²) in [6, 6.07) is 15.9. The Morgan fingerprint density at radius 2 is 2.00 bits per heavy atom. The fourth-order valence-corrected chi connectivity index (χ4v) is 5.74. The fraction of sp³-hybridized carbons (Fsp3) is 0.208. The van der Waals surface area contributed by atoms with Gasteiger partial charge in [-0.3, -0.25) is 5.43 Å². The highest BCUT2D eigenvalue weighted by Crippen LogP contribution is 2.35. The number of carboxylic acid groups (broad SMARTS) is 1. The number of hydrazine groups is 1. The van der Waals surface area contributed by atoms with E-state index in [1.807, 2.05) is 60.0 Å². The zero-order chi connectivity index (χ0) is 23.8. The molecule has 1 aliphatic rings. The molecule has 0 bridgehead atoms. The average molecular weight is 495 g/mol. The largest absolute Gasteiger partial charge is 0.477 e. The van der Waals surface area contributed by atoms with Gasteiger partial charge < -0.3 is 14.4 Å². The summed E-state index contributed by atoms with van der Waals surface area (Å²) in [7, 11) is 0. The van der Waals surface area contributed by atoms with Gasteiger partial charge in [-0.25, -0.2) is 14.6 Å². The molecule has 1 saturated heterocycles. The molecule has 4 aromatic rings. The average Bonchev–Trinajstić information content (AvgIpc) is 3.51. The standard InChI is InChI=1S/C24H22N4O4S2/c1-3-33-23-25-18-13(2)34-20(22(29)30)19(18)28(23)12-14-8-10-15(11-9-14)16-6-4-5-7-17(16)21-26-27-24(31)32-21/h4-11,21,26H,3,12H2,1-2H3,(H,27,31)(H,29,30). The Hall–Kier alpha value is -3.34. The number of benzene rings is 2. The van der Waals surface area contributed by atoms with Crippen molar-refractivity contribution in [3.63, 3.8) is 0 Å². The molecule has 174 valence electrons. The number of carbonyl (C=O) groups excluding carboxylic acids is 1. The van der Waals surface area contributed by atoms with Gasteiger partial charge in [0.05, 0.1) is 12.1 Å². The first kappa shape index (κ1) is 22.5. The number of amides is 1. The monoisotopic (exact) mass is 494 g/mol. The van der Waals surface area contributed by atoms with Gasteiger partial charge in [0.2, 0.25) is 0 Å². The van der Waals surface area contributed by atoms with Gasteiger partial charge >= 0.3 is 12.1 Å². The topological polar surface area (TPSA) is 105 Å². The van der Waals surface area contributed by atoms with Crippen molar-refractivity contribution in [2.75, 3.05) is 5.75 Å². The third-order valence-corrected chi connectivity index (χ3v) is 7.51. The zero-order valence-corrected chi connectivity index (χ0v) is 20.1. The van der Waals surface area contributed by atoms with Crippen LogP contribution in [-0.2, 0) is 11.3 Å². The van der Waals surface area contributed by atoms with Gasteiger partial charge in [0.1, 0.15) is 10.4 Å². The second kappa shape index (κ2) is 9.13. The molecule has 2 aromatic heterocycles. The molecule has 5 rings (SSSR count). The van der Waals surface area contributed by atoms with Crippen LogP contribution in [0.4, 0.5) is 4.79 Å². The lowest BCUT2D eigenvalue weighted by atomic mass is 9.98. The van der Waals surface area contributed by atoms with E-state index < -0.39 is 18.3 Å². The molecule has 0 spiro atoms. The molecule has 3 heterocycles. The number of carbonyl (C=O) groups is 2. The fourth-order valence-electron chi connectivity index (χ4n) is 4.08. The van der Waals surface area contributed by atoms with Crippen LogP contribution in [0.25, 0.3) is 22.2 Å². The molecule has 1 fully saturated rings. The molecule has 1 amide bonds. The van der Waals surface area contributed by atoms with Gasteiger partial charge in [-0.15, -0.1) is 11.3 Å². The maximum absolute atomic E-state index is 11.9. The van der Waals surface area contributed by atoms with Gasteiger partial charge in [0.15, 0.2) is 11.4 Å². The van der Waals surface area contributed by atoms with E-state index in [-0.39, 0.29) is 0 Å². The van der Waals surface area contributed by atoms with E-state index in [2.05, 4.69) is 17.8 Å². The smallest absolute Gasteiger partial charge is 0.423 e. The number of aromatic nitrogens is 2. The number of fused-ring (bicyclic) bond motifs is 1. The van der Waals surface area contributed by atoms with Crippen molar-refractivity contribution in [3.8, 4) is 11.1 Å². The predicted octanol–water partition coefficient (Wildman–Crippen LogP) is 5.17. The van der Waals surface area contributed by atoms with Crippen LogP contribution >= 0.6 is 23.1 Å². The number of nitrogens with one attached hydrogen (secondary N) is 2. The Kier molecular flexibility index (Phi) is 6.03. The summed E-state index contributed by atoms with van der Waals surface area (Å²) >= 11 is 2.87. The first-order chi connectivity index (χ1) is 16.5. The SMILES string of the molecule is CCSc1nc2c(C)sc(C(=O)O)c2n1Cc1ccc(-c2ccccc2C2NNC(=O)O2)cc1. The van der Waals surface area contributed by atoms with Crippen LogP contribution in [0, 0.1) is 6.92 Å². The Morgan fingerprint density at radius 3 is 2.68 bits per heavy atom. The van der Waals surface area contributed by atoms with E-state index in [9.17, 15) is 14.7 Å². The van der Waals surface area contributed by atoms with E-state index >= 15 is 0 Å². The molecular formula is C24H22N4O4S2. The van der Waals surface area contributed by atoms with Crippen LogP contribution in [0.2, 0.25) is 0 Å². The van der Waals surface area contributed by atoms with Gasteiger partial charge in [-0.1, -0.05) is 67.2 Å². The molecular weight excluding hydrogens is 472 g/mol. The third-order valence-electron chi connectivity index (χ3n) is 5.58. The van der Waals surface area contributed by atoms with Crippen molar-refractivity contribution in [1.82, 2.24) is 20.4 Å². The Balaban J connectivity index is 1.49. The maximum Gasteiger partial charge on any atom is 0.423 e. The predicted molar refractivity (Wildman–Crippen MR) is 132 cm³/mol. The number of rotatable bonds is 7. The van der Waals surface area contributed by atoms with Crippen LogP contribution in [-0.4, -0.2) is 32.5 Å². The number of ether oxygens (including phenoxy) is 1. The van der Waals surface area contributed by atoms with Crippen LogP contribution < -0.4 is 10.9 Å². The number of hydrogen-bond donors (Lipinski definition) is 3. The summed E-state index contributed by atoms with van der Waals surface area (Å²) in [5.74, 6) is -0.0885. The number of thioether (sulfide) groups is 1. The number of imidazole rings is 1. The van der Waals surface area contributed by atoms with E-state index in [0.29, 0.717) is 16.9 Å². The maximum atomic E-state index is 11.9. The Morgan fingerprint density at radius 1 is 1.24 bits per heavy atom. The minimum Gasteiger partial charge on any atom is -0.477 e. The number of aryl methyl sites for hydroxylation is 1. The van der Waals surface area contributed by atoms with Crippen LogP contribution in [0.3, 0.4) is 0 Å². The van der Waals surface area contributed by atoms with E-state index in [1.54, 1.807) is 11.8 Å². The van der Waals surface area contributed by atoms with Gasteiger partial charge in [-0.05, 0) is 29.4 Å². The molecule has 1 unspecified atom stereocenters. The molecule has 0 radical (unpaired) electrons. The number of carboxylic acids is 1. The highest BCUT2D eigenvalue weighted by molar-refractivity contribution is 7.99. The zero-order valence-electron chi connectivity index (χ0n) is 18.5. The normalized spacial score (nSPS) is 15.5. The van der Waals surface area contributed by atoms with Crippen molar-refractivity contribution in [1.29, 1.82) is 0 Å². The van der Waals surface area contributed by atoms with Crippen molar-refractivity contribution in [2.24, 2.45) is 0 Å². The lowest BCUT2D eigenvalue weighted by molar-refractivity contribution is 0.0703. The number of thiophene rings is 1.